The summed E-state index contributed by atoms with van der Waals surface area (Å²) in [4.78, 5) is 16.3. The number of nitrogens with zero attached hydrogens (tertiary/aromatic N) is 4. The van der Waals surface area contributed by atoms with Crippen LogP contribution in [0.2, 0.25) is 0 Å². The number of aryl methyl sites for hydroxylation is 1. The van der Waals surface area contributed by atoms with Crippen LogP contribution in [0.4, 0.5) is 0 Å². The minimum absolute atomic E-state index is 0.0223. The molecule has 1 unspecified atom stereocenters. The van der Waals surface area contributed by atoms with Crippen LogP contribution in [0.15, 0.2) is 17.3 Å². The molecule has 1 atom stereocenters. The van der Waals surface area contributed by atoms with Crippen LogP contribution < -0.4 is 5.56 Å². The summed E-state index contributed by atoms with van der Waals surface area (Å²) in [5.41, 5.74) is 0.610. The van der Waals surface area contributed by atoms with E-state index in [4.69, 9.17) is 0 Å². The normalized spacial score (nSPS) is 13.2. The van der Waals surface area contributed by atoms with E-state index in [-0.39, 0.29) is 5.56 Å². The Morgan fingerprint density at radius 3 is 3.00 bits per heavy atom. The average Bonchev–Trinajstić information content (AvgIpc) is 2.65. The third-order valence-corrected chi connectivity index (χ3v) is 3.60. The van der Waals surface area contributed by atoms with Crippen molar-refractivity contribution in [1.29, 1.82) is 0 Å². The van der Waals surface area contributed by atoms with Crippen molar-refractivity contribution in [3.63, 3.8) is 0 Å². The summed E-state index contributed by atoms with van der Waals surface area (Å²) in [6.07, 6.45) is 3.16. The minimum atomic E-state index is -0.0223. The van der Waals surface area contributed by atoms with Gasteiger partial charge in [-0.3, -0.25) is 14.0 Å². The van der Waals surface area contributed by atoms with Gasteiger partial charge in [0.05, 0.1) is 12.5 Å². The number of hydrogen-bond donors (Lipinski definition) is 0. The van der Waals surface area contributed by atoms with E-state index in [0.717, 1.165) is 5.33 Å². The Morgan fingerprint density at radius 1 is 1.56 bits per heavy atom. The summed E-state index contributed by atoms with van der Waals surface area (Å²) in [6.45, 7) is 2.75. The molecule has 2 aromatic heterocycles. The number of alkyl halides is 1. The van der Waals surface area contributed by atoms with E-state index >= 15 is 0 Å². The Kier molecular flexibility index (Phi) is 3.09. The van der Waals surface area contributed by atoms with E-state index < -0.39 is 0 Å². The van der Waals surface area contributed by atoms with E-state index in [0.29, 0.717) is 23.5 Å². The summed E-state index contributed by atoms with van der Waals surface area (Å²) in [6, 6.07) is 0. The molecule has 0 spiro atoms. The maximum Gasteiger partial charge on any atom is 0.264 e. The molecule has 0 aliphatic rings. The highest BCUT2D eigenvalue weighted by Gasteiger charge is 2.09. The molecule has 5 nitrogen and oxygen atoms in total. The van der Waals surface area contributed by atoms with Gasteiger partial charge in [-0.25, -0.2) is 4.98 Å². The van der Waals surface area contributed by atoms with E-state index in [9.17, 15) is 4.79 Å². The summed E-state index contributed by atoms with van der Waals surface area (Å²) in [7, 11) is 1.78. The van der Waals surface area contributed by atoms with Gasteiger partial charge in [-0.15, -0.1) is 0 Å². The molecule has 16 heavy (non-hydrogen) atoms. The maximum atomic E-state index is 12.0. The molecule has 0 saturated carbocycles. The van der Waals surface area contributed by atoms with Crippen molar-refractivity contribution in [2.24, 2.45) is 13.0 Å². The summed E-state index contributed by atoms with van der Waals surface area (Å²) in [5.74, 6) is 0.397. The molecule has 0 amide bonds. The quantitative estimate of drug-likeness (QED) is 0.795. The Morgan fingerprint density at radius 2 is 2.31 bits per heavy atom. The predicted molar refractivity (Wildman–Crippen MR) is 65.7 cm³/mol. The fourth-order valence-electron chi connectivity index (χ4n) is 1.58. The van der Waals surface area contributed by atoms with Crippen molar-refractivity contribution < 1.29 is 0 Å². The first-order valence-electron chi connectivity index (χ1n) is 5.06. The van der Waals surface area contributed by atoms with E-state index in [1.165, 1.54) is 0 Å². The highest BCUT2D eigenvalue weighted by molar-refractivity contribution is 9.09. The lowest BCUT2D eigenvalue weighted by Crippen LogP contribution is -2.23. The van der Waals surface area contributed by atoms with Crippen LogP contribution in [0.5, 0.6) is 0 Å². The third kappa shape index (κ3) is 1.89. The zero-order valence-electron chi connectivity index (χ0n) is 9.22. The van der Waals surface area contributed by atoms with Gasteiger partial charge in [0.25, 0.3) is 5.56 Å². The average molecular weight is 285 g/mol. The fraction of sp³-hybridized carbons (Fsp3) is 0.500. The van der Waals surface area contributed by atoms with Gasteiger partial charge in [0.2, 0.25) is 0 Å². The van der Waals surface area contributed by atoms with Gasteiger partial charge in [-0.1, -0.05) is 22.9 Å². The second-order valence-corrected chi connectivity index (χ2v) is 4.61. The number of halogens is 1. The van der Waals surface area contributed by atoms with Crippen LogP contribution in [-0.2, 0) is 13.6 Å². The molecule has 6 heteroatoms. The van der Waals surface area contributed by atoms with Crippen molar-refractivity contribution >= 4 is 27.0 Å². The predicted octanol–water partition coefficient (Wildman–Crippen LogP) is 1.16. The lowest BCUT2D eigenvalue weighted by Gasteiger charge is -2.09. The molecule has 0 aliphatic carbocycles. The Balaban J connectivity index is 2.49. The monoisotopic (exact) mass is 284 g/mol. The van der Waals surface area contributed by atoms with Crippen molar-refractivity contribution in [2.75, 3.05) is 5.33 Å². The lowest BCUT2D eigenvalue weighted by atomic mass is 10.2. The lowest BCUT2D eigenvalue weighted by molar-refractivity contribution is 0.517. The Bertz CT molecular complexity index is 559. The minimum Gasteiger partial charge on any atom is -0.298 e. The van der Waals surface area contributed by atoms with Gasteiger partial charge in [0.15, 0.2) is 5.65 Å². The molecule has 0 N–H and O–H groups in total. The standard InChI is InChI=1S/C10H13BrN4O/c1-7(3-11)5-15-6-12-9-8(10(15)16)4-13-14(9)2/h4,6-7H,3,5H2,1-2H3. The first kappa shape index (κ1) is 11.3. The van der Waals surface area contributed by atoms with E-state index in [1.54, 1.807) is 28.8 Å². The second kappa shape index (κ2) is 4.37. The number of fused-ring (bicyclic) bond motifs is 1. The Hall–Kier alpha value is -1.17. The van der Waals surface area contributed by atoms with Crippen LogP contribution in [0.25, 0.3) is 11.0 Å². The summed E-state index contributed by atoms with van der Waals surface area (Å²) >= 11 is 3.40. The van der Waals surface area contributed by atoms with Crippen LogP contribution in [0.1, 0.15) is 6.92 Å². The van der Waals surface area contributed by atoms with E-state index in [2.05, 4.69) is 32.9 Å². The van der Waals surface area contributed by atoms with Crippen LogP contribution in [-0.4, -0.2) is 24.7 Å². The van der Waals surface area contributed by atoms with E-state index in [1.807, 2.05) is 0 Å². The van der Waals surface area contributed by atoms with Crippen molar-refractivity contribution in [3.8, 4) is 0 Å². The molecule has 2 rings (SSSR count). The summed E-state index contributed by atoms with van der Waals surface area (Å²) < 4.78 is 3.24. The van der Waals surface area contributed by atoms with Gasteiger partial charge < -0.3 is 0 Å². The van der Waals surface area contributed by atoms with Gasteiger partial charge in [0.1, 0.15) is 5.39 Å². The van der Waals surface area contributed by atoms with Crippen LogP contribution in [0, 0.1) is 5.92 Å². The molecule has 0 radical (unpaired) electrons. The number of hydrogen-bond acceptors (Lipinski definition) is 3. The van der Waals surface area contributed by atoms with Crippen LogP contribution >= 0.6 is 15.9 Å². The van der Waals surface area contributed by atoms with Crippen LogP contribution in [0.3, 0.4) is 0 Å². The molecule has 0 bridgehead atoms. The molecule has 0 aromatic carbocycles. The van der Waals surface area contributed by atoms with Gasteiger partial charge in [0, 0.05) is 18.9 Å². The molecular formula is C10H13BrN4O. The van der Waals surface area contributed by atoms with Gasteiger partial charge in [-0.2, -0.15) is 5.10 Å². The zero-order chi connectivity index (χ0) is 11.7. The number of rotatable bonds is 3. The number of aromatic nitrogens is 4. The smallest absolute Gasteiger partial charge is 0.264 e. The molecule has 2 heterocycles. The SMILES string of the molecule is CC(CBr)Cn1cnc2c(cnn2C)c1=O. The van der Waals surface area contributed by atoms with Crippen molar-refractivity contribution in [1.82, 2.24) is 19.3 Å². The largest absolute Gasteiger partial charge is 0.298 e. The van der Waals surface area contributed by atoms with Crippen molar-refractivity contribution in [2.45, 2.75) is 13.5 Å². The molecular weight excluding hydrogens is 272 g/mol. The summed E-state index contributed by atoms with van der Waals surface area (Å²) in [5, 5.41) is 5.47. The fourth-order valence-corrected chi connectivity index (χ4v) is 1.79. The third-order valence-electron chi connectivity index (χ3n) is 2.49. The molecule has 2 aromatic rings. The maximum absolute atomic E-state index is 12.0. The van der Waals surface area contributed by atoms with Gasteiger partial charge >= 0.3 is 0 Å². The highest BCUT2D eigenvalue weighted by Crippen LogP contribution is 2.06. The topological polar surface area (TPSA) is 52.7 Å². The second-order valence-electron chi connectivity index (χ2n) is 3.97. The molecule has 0 saturated heterocycles. The molecule has 86 valence electrons. The molecule has 0 aliphatic heterocycles. The molecule has 0 fully saturated rings. The van der Waals surface area contributed by atoms with Crippen molar-refractivity contribution in [3.05, 3.63) is 22.9 Å². The first-order valence-corrected chi connectivity index (χ1v) is 6.18. The van der Waals surface area contributed by atoms with Gasteiger partial charge in [-0.05, 0) is 5.92 Å². The Labute approximate surface area is 101 Å². The zero-order valence-corrected chi connectivity index (χ0v) is 10.8. The highest BCUT2D eigenvalue weighted by atomic mass is 79.9. The first-order chi connectivity index (χ1) is 7.63.